The molecule has 106 valence electrons. The van der Waals surface area contributed by atoms with Gasteiger partial charge in [0.05, 0.1) is 21.8 Å². The maximum Gasteiger partial charge on any atom is 0.416 e. The first-order valence-corrected chi connectivity index (χ1v) is 6.56. The van der Waals surface area contributed by atoms with E-state index >= 15 is 0 Å². The van der Waals surface area contributed by atoms with Crippen LogP contribution in [0.25, 0.3) is 22.2 Å². The molecule has 0 radical (unpaired) electrons. The lowest BCUT2D eigenvalue weighted by atomic mass is 10.1. The molecule has 0 aliphatic carbocycles. The first kappa shape index (κ1) is 13.9. The van der Waals surface area contributed by atoms with Crippen molar-refractivity contribution in [3.63, 3.8) is 0 Å². The Hall–Kier alpha value is -2.07. The molecule has 1 heterocycles. The molecular weight excluding hydrogens is 299 g/mol. The molecule has 0 fully saturated rings. The second kappa shape index (κ2) is 5.04. The van der Waals surface area contributed by atoms with Crippen LogP contribution in [0.5, 0.6) is 0 Å². The number of benzene rings is 2. The van der Waals surface area contributed by atoms with E-state index in [0.717, 1.165) is 17.5 Å². The number of hydrogen-bond donors (Lipinski definition) is 0. The van der Waals surface area contributed by atoms with E-state index in [4.69, 9.17) is 11.6 Å². The molecule has 0 spiro atoms. The van der Waals surface area contributed by atoms with Crippen LogP contribution in [0.15, 0.2) is 54.6 Å². The van der Waals surface area contributed by atoms with Crippen molar-refractivity contribution in [1.82, 2.24) is 4.98 Å². The van der Waals surface area contributed by atoms with Crippen molar-refractivity contribution < 1.29 is 13.2 Å². The number of pyridine rings is 1. The van der Waals surface area contributed by atoms with Gasteiger partial charge >= 0.3 is 6.18 Å². The monoisotopic (exact) mass is 307 g/mol. The van der Waals surface area contributed by atoms with E-state index in [0.29, 0.717) is 21.8 Å². The zero-order chi connectivity index (χ0) is 15.0. The molecule has 0 N–H and O–H groups in total. The van der Waals surface area contributed by atoms with Gasteiger partial charge in [-0.05, 0) is 24.3 Å². The summed E-state index contributed by atoms with van der Waals surface area (Å²) >= 11 is 6.18. The molecule has 0 saturated carbocycles. The number of aromatic nitrogens is 1. The maximum atomic E-state index is 12.8. The molecule has 0 aliphatic heterocycles. The SMILES string of the molecule is FC(F)(F)c1cccc(-c2cc(Cl)c3ccccc3n2)c1. The van der Waals surface area contributed by atoms with Gasteiger partial charge in [0.25, 0.3) is 0 Å². The lowest BCUT2D eigenvalue weighted by Gasteiger charge is -2.09. The molecule has 3 aromatic rings. The van der Waals surface area contributed by atoms with Gasteiger partial charge in [0.2, 0.25) is 0 Å². The zero-order valence-corrected chi connectivity index (χ0v) is 11.4. The third kappa shape index (κ3) is 2.72. The van der Waals surface area contributed by atoms with E-state index in [9.17, 15) is 13.2 Å². The molecule has 0 bridgehead atoms. The summed E-state index contributed by atoms with van der Waals surface area (Å²) in [6.07, 6.45) is -4.38. The number of rotatable bonds is 1. The predicted octanol–water partition coefficient (Wildman–Crippen LogP) is 5.57. The molecule has 3 rings (SSSR count). The minimum atomic E-state index is -4.38. The Kier molecular flexibility index (Phi) is 3.33. The molecule has 5 heteroatoms. The van der Waals surface area contributed by atoms with Gasteiger partial charge in [-0.1, -0.05) is 41.9 Å². The van der Waals surface area contributed by atoms with Crippen LogP contribution in [0, 0.1) is 0 Å². The van der Waals surface area contributed by atoms with Gasteiger partial charge in [-0.15, -0.1) is 0 Å². The summed E-state index contributed by atoms with van der Waals surface area (Å²) in [5.74, 6) is 0. The fourth-order valence-electron chi connectivity index (χ4n) is 2.14. The largest absolute Gasteiger partial charge is 0.416 e. The summed E-state index contributed by atoms with van der Waals surface area (Å²) in [4.78, 5) is 4.38. The Balaban J connectivity index is 2.17. The average Bonchev–Trinajstić information content (AvgIpc) is 2.46. The first-order valence-electron chi connectivity index (χ1n) is 6.18. The predicted molar refractivity (Wildman–Crippen MR) is 77.2 cm³/mol. The minimum Gasteiger partial charge on any atom is -0.248 e. The van der Waals surface area contributed by atoms with Gasteiger partial charge in [0.1, 0.15) is 0 Å². The van der Waals surface area contributed by atoms with Crippen LogP contribution >= 0.6 is 11.6 Å². The summed E-state index contributed by atoms with van der Waals surface area (Å²) in [7, 11) is 0. The summed E-state index contributed by atoms with van der Waals surface area (Å²) in [6, 6.07) is 13.9. The van der Waals surface area contributed by atoms with E-state index in [-0.39, 0.29) is 0 Å². The third-order valence-corrected chi connectivity index (χ3v) is 3.46. The van der Waals surface area contributed by atoms with Crippen molar-refractivity contribution in [2.75, 3.05) is 0 Å². The highest BCUT2D eigenvalue weighted by Gasteiger charge is 2.30. The molecule has 1 aromatic heterocycles. The number of halogens is 4. The van der Waals surface area contributed by atoms with Crippen LogP contribution in [0.4, 0.5) is 13.2 Å². The Morgan fingerprint density at radius 3 is 2.43 bits per heavy atom. The van der Waals surface area contributed by atoms with Crippen molar-refractivity contribution in [3.05, 3.63) is 65.2 Å². The summed E-state index contributed by atoms with van der Waals surface area (Å²) in [5.41, 5.74) is 0.755. The second-order valence-corrected chi connectivity index (χ2v) is 4.99. The number of alkyl halides is 3. The highest BCUT2D eigenvalue weighted by Crippen LogP contribution is 2.33. The van der Waals surface area contributed by atoms with E-state index < -0.39 is 11.7 Å². The quantitative estimate of drug-likeness (QED) is 0.572. The van der Waals surface area contributed by atoms with Crippen LogP contribution in [0.2, 0.25) is 5.02 Å². The van der Waals surface area contributed by atoms with Crippen molar-refractivity contribution >= 4 is 22.5 Å². The van der Waals surface area contributed by atoms with E-state index in [1.807, 2.05) is 18.2 Å². The molecule has 2 aromatic carbocycles. The fraction of sp³-hybridized carbons (Fsp3) is 0.0625. The average molecular weight is 308 g/mol. The number of fused-ring (bicyclic) bond motifs is 1. The zero-order valence-electron chi connectivity index (χ0n) is 10.7. The summed E-state index contributed by atoms with van der Waals surface area (Å²) < 4.78 is 38.3. The molecule has 21 heavy (non-hydrogen) atoms. The van der Waals surface area contributed by atoms with Crippen LogP contribution in [0.3, 0.4) is 0 Å². The Bertz CT molecular complexity index is 812. The van der Waals surface area contributed by atoms with Gasteiger partial charge in [0, 0.05) is 10.9 Å². The third-order valence-electron chi connectivity index (χ3n) is 3.15. The fourth-order valence-corrected chi connectivity index (χ4v) is 2.40. The van der Waals surface area contributed by atoms with Crippen molar-refractivity contribution in [2.45, 2.75) is 6.18 Å². The Labute approximate surface area is 124 Å². The van der Waals surface area contributed by atoms with E-state index in [1.54, 1.807) is 18.2 Å². The summed E-state index contributed by atoms with van der Waals surface area (Å²) in [6.45, 7) is 0. The smallest absolute Gasteiger partial charge is 0.248 e. The van der Waals surface area contributed by atoms with Crippen molar-refractivity contribution in [2.24, 2.45) is 0 Å². The molecule has 0 amide bonds. The maximum absolute atomic E-state index is 12.8. The second-order valence-electron chi connectivity index (χ2n) is 4.59. The van der Waals surface area contributed by atoms with Crippen LogP contribution < -0.4 is 0 Å². The molecule has 0 unspecified atom stereocenters. The van der Waals surface area contributed by atoms with Gasteiger partial charge in [0.15, 0.2) is 0 Å². The topological polar surface area (TPSA) is 12.9 Å². The normalized spacial score (nSPS) is 11.8. The molecule has 0 saturated heterocycles. The minimum absolute atomic E-state index is 0.387. The van der Waals surface area contributed by atoms with Gasteiger partial charge in [-0.25, -0.2) is 4.98 Å². The van der Waals surface area contributed by atoms with E-state index in [2.05, 4.69) is 4.98 Å². The van der Waals surface area contributed by atoms with Crippen LogP contribution in [-0.4, -0.2) is 4.98 Å². The van der Waals surface area contributed by atoms with Crippen molar-refractivity contribution in [1.29, 1.82) is 0 Å². The van der Waals surface area contributed by atoms with E-state index in [1.165, 1.54) is 6.07 Å². The highest BCUT2D eigenvalue weighted by molar-refractivity contribution is 6.35. The number of para-hydroxylation sites is 1. The van der Waals surface area contributed by atoms with Gasteiger partial charge in [-0.3, -0.25) is 0 Å². The number of hydrogen-bond acceptors (Lipinski definition) is 1. The van der Waals surface area contributed by atoms with Gasteiger partial charge < -0.3 is 0 Å². The standard InChI is InChI=1S/C16H9ClF3N/c17-13-9-15(21-14-7-2-1-6-12(13)14)10-4-3-5-11(8-10)16(18,19)20/h1-9H. The molecular formula is C16H9ClF3N. The molecule has 1 nitrogen and oxygen atoms in total. The highest BCUT2D eigenvalue weighted by atomic mass is 35.5. The lowest BCUT2D eigenvalue weighted by molar-refractivity contribution is -0.137. The van der Waals surface area contributed by atoms with Crippen LogP contribution in [0.1, 0.15) is 5.56 Å². The Morgan fingerprint density at radius 2 is 1.67 bits per heavy atom. The van der Waals surface area contributed by atoms with Crippen LogP contribution in [-0.2, 0) is 6.18 Å². The van der Waals surface area contributed by atoms with Crippen molar-refractivity contribution in [3.8, 4) is 11.3 Å². The molecule has 0 aliphatic rings. The molecule has 0 atom stereocenters. The van der Waals surface area contributed by atoms with Gasteiger partial charge in [-0.2, -0.15) is 13.2 Å². The Morgan fingerprint density at radius 1 is 0.905 bits per heavy atom. The lowest BCUT2D eigenvalue weighted by Crippen LogP contribution is -2.04. The summed E-state index contributed by atoms with van der Waals surface area (Å²) in [5, 5.41) is 1.24. The first-order chi connectivity index (χ1) is 9.95. The number of nitrogens with zero attached hydrogens (tertiary/aromatic N) is 1.